The van der Waals surface area contributed by atoms with Gasteiger partial charge in [0.05, 0.1) is 9.90 Å². The van der Waals surface area contributed by atoms with E-state index >= 15 is 0 Å². The molecule has 4 nitrogen and oxygen atoms in total. The number of ether oxygens (including phenoxy) is 1. The van der Waals surface area contributed by atoms with Crippen LogP contribution in [0.4, 0.5) is 4.39 Å². The number of piperazine rings is 1. The molecule has 2 heterocycles. The van der Waals surface area contributed by atoms with Gasteiger partial charge in [-0.05, 0) is 53.8 Å². The average molecular weight is 459 g/mol. The maximum Gasteiger partial charge on any atom is 0.264 e. The summed E-state index contributed by atoms with van der Waals surface area (Å²) < 4.78 is 19.2. The fourth-order valence-corrected chi connectivity index (χ4v) is 4.64. The summed E-state index contributed by atoms with van der Waals surface area (Å²) in [4.78, 5) is 17.8. The molecule has 1 aromatic heterocycles. The molecule has 1 amide bonds. The molecule has 0 bridgehead atoms. The van der Waals surface area contributed by atoms with Crippen LogP contribution in [0.5, 0.6) is 5.75 Å². The molecule has 162 valence electrons. The monoisotopic (exact) mass is 458 g/mol. The quantitative estimate of drug-likeness (QED) is 0.496. The summed E-state index contributed by atoms with van der Waals surface area (Å²) in [6.07, 6.45) is 0. The molecule has 31 heavy (non-hydrogen) atoms. The van der Waals surface area contributed by atoms with E-state index < -0.39 is 0 Å². The molecule has 3 aromatic rings. The van der Waals surface area contributed by atoms with Crippen molar-refractivity contribution in [3.05, 3.63) is 86.3 Å². The normalized spacial score (nSPS) is 14.6. The summed E-state index contributed by atoms with van der Waals surface area (Å²) in [6, 6.07) is 14.2. The van der Waals surface area contributed by atoms with Crippen LogP contribution in [0.15, 0.2) is 53.9 Å². The standard InChI is InChI=1S/C24H24ClFN2O2S/c1-17-5-6-21(25)22(11-17)30-15-19-13-23(31-16-19)24(29)28-9-7-27(8-10-28)14-18-3-2-4-20(26)12-18/h2-6,11-13,16H,7-10,14-15H2,1H3. The number of halogens is 2. The van der Waals surface area contributed by atoms with Crippen molar-refractivity contribution in [3.8, 4) is 5.75 Å². The van der Waals surface area contributed by atoms with Gasteiger partial charge in [-0.15, -0.1) is 11.3 Å². The Morgan fingerprint density at radius 3 is 2.68 bits per heavy atom. The molecule has 0 N–H and O–H groups in total. The van der Waals surface area contributed by atoms with Crippen LogP contribution in [0.25, 0.3) is 0 Å². The van der Waals surface area contributed by atoms with Gasteiger partial charge in [0.2, 0.25) is 0 Å². The van der Waals surface area contributed by atoms with Crippen LogP contribution >= 0.6 is 22.9 Å². The lowest BCUT2D eigenvalue weighted by Crippen LogP contribution is -2.48. The van der Waals surface area contributed by atoms with E-state index in [9.17, 15) is 9.18 Å². The van der Waals surface area contributed by atoms with Crippen LogP contribution in [0.1, 0.15) is 26.4 Å². The van der Waals surface area contributed by atoms with Gasteiger partial charge in [-0.1, -0.05) is 29.8 Å². The Bertz CT molecular complexity index is 1060. The zero-order valence-corrected chi connectivity index (χ0v) is 18.9. The first-order valence-corrected chi connectivity index (χ1v) is 11.5. The molecule has 4 rings (SSSR count). The Labute approximate surface area is 190 Å². The van der Waals surface area contributed by atoms with Crippen molar-refractivity contribution in [2.24, 2.45) is 0 Å². The summed E-state index contributed by atoms with van der Waals surface area (Å²) in [7, 11) is 0. The number of thiophene rings is 1. The van der Waals surface area contributed by atoms with Gasteiger partial charge < -0.3 is 9.64 Å². The minimum absolute atomic E-state index is 0.0512. The lowest BCUT2D eigenvalue weighted by molar-refractivity contribution is 0.0633. The molecule has 0 atom stereocenters. The predicted octanol–water partition coefficient (Wildman–Crippen LogP) is 5.39. The summed E-state index contributed by atoms with van der Waals surface area (Å²) in [5, 5.41) is 2.53. The second-order valence-corrected chi connectivity index (χ2v) is 9.06. The lowest BCUT2D eigenvalue weighted by Gasteiger charge is -2.34. The third-order valence-corrected chi connectivity index (χ3v) is 6.58. The molecule has 1 aliphatic heterocycles. The maximum atomic E-state index is 13.4. The highest BCUT2D eigenvalue weighted by molar-refractivity contribution is 7.12. The molecule has 7 heteroatoms. The highest BCUT2D eigenvalue weighted by Crippen LogP contribution is 2.27. The molecular weight excluding hydrogens is 435 g/mol. The molecule has 0 saturated carbocycles. The van der Waals surface area contributed by atoms with Crippen molar-refractivity contribution in [3.63, 3.8) is 0 Å². The van der Waals surface area contributed by atoms with Crippen LogP contribution < -0.4 is 4.74 Å². The first-order chi connectivity index (χ1) is 15.0. The van der Waals surface area contributed by atoms with Crippen LogP contribution in [0, 0.1) is 12.7 Å². The molecule has 1 fully saturated rings. The second kappa shape index (κ2) is 9.81. The van der Waals surface area contributed by atoms with Gasteiger partial charge in [0, 0.05) is 38.3 Å². The van der Waals surface area contributed by atoms with Crippen molar-refractivity contribution < 1.29 is 13.9 Å². The Balaban J connectivity index is 1.29. The predicted molar refractivity (Wildman–Crippen MR) is 122 cm³/mol. The van der Waals surface area contributed by atoms with E-state index in [1.54, 1.807) is 12.1 Å². The van der Waals surface area contributed by atoms with Crippen molar-refractivity contribution in [2.75, 3.05) is 26.2 Å². The largest absolute Gasteiger partial charge is 0.487 e. The zero-order valence-electron chi connectivity index (χ0n) is 17.3. The highest BCUT2D eigenvalue weighted by Gasteiger charge is 2.23. The molecular formula is C24H24ClFN2O2S. The van der Waals surface area contributed by atoms with Crippen molar-refractivity contribution in [1.82, 2.24) is 9.80 Å². The number of hydrogen-bond donors (Lipinski definition) is 0. The van der Waals surface area contributed by atoms with E-state index in [-0.39, 0.29) is 11.7 Å². The third-order valence-electron chi connectivity index (χ3n) is 5.30. The lowest BCUT2D eigenvalue weighted by atomic mass is 10.2. The van der Waals surface area contributed by atoms with Gasteiger partial charge >= 0.3 is 0 Å². The first-order valence-electron chi connectivity index (χ1n) is 10.2. The summed E-state index contributed by atoms with van der Waals surface area (Å²) in [5.74, 6) is 0.485. The van der Waals surface area contributed by atoms with Crippen molar-refractivity contribution in [1.29, 1.82) is 0 Å². The van der Waals surface area contributed by atoms with E-state index in [0.29, 0.717) is 41.9 Å². The summed E-state index contributed by atoms with van der Waals surface area (Å²) in [6.45, 7) is 5.93. The van der Waals surface area contributed by atoms with E-state index in [4.69, 9.17) is 16.3 Å². The van der Waals surface area contributed by atoms with Crippen molar-refractivity contribution in [2.45, 2.75) is 20.1 Å². The fourth-order valence-electron chi connectivity index (χ4n) is 3.60. The number of carbonyl (C=O) groups is 1. The Morgan fingerprint density at radius 2 is 1.90 bits per heavy atom. The minimum Gasteiger partial charge on any atom is -0.487 e. The maximum absolute atomic E-state index is 13.4. The van der Waals surface area contributed by atoms with Gasteiger partial charge in [-0.2, -0.15) is 0 Å². The molecule has 2 aromatic carbocycles. The average Bonchev–Trinajstić information content (AvgIpc) is 3.23. The second-order valence-electron chi connectivity index (χ2n) is 7.74. The Morgan fingerprint density at radius 1 is 1.10 bits per heavy atom. The number of hydrogen-bond acceptors (Lipinski definition) is 4. The molecule has 1 aliphatic rings. The van der Waals surface area contributed by atoms with Crippen LogP contribution in [0.3, 0.4) is 0 Å². The number of benzene rings is 2. The Hall–Kier alpha value is -2.41. The van der Waals surface area contributed by atoms with Gasteiger partial charge in [-0.25, -0.2) is 4.39 Å². The minimum atomic E-state index is -0.214. The number of nitrogens with zero attached hydrogens (tertiary/aromatic N) is 2. The number of rotatable bonds is 6. The van der Waals surface area contributed by atoms with Gasteiger partial charge in [0.25, 0.3) is 5.91 Å². The van der Waals surface area contributed by atoms with Crippen LogP contribution in [-0.4, -0.2) is 41.9 Å². The van der Waals surface area contributed by atoms with Crippen LogP contribution in [-0.2, 0) is 13.2 Å². The van der Waals surface area contributed by atoms with Gasteiger partial charge in [0.1, 0.15) is 18.2 Å². The Kier molecular flexibility index (Phi) is 6.90. The number of amides is 1. The summed E-state index contributed by atoms with van der Waals surface area (Å²) >= 11 is 7.62. The molecule has 0 radical (unpaired) electrons. The van der Waals surface area contributed by atoms with Gasteiger partial charge in [-0.3, -0.25) is 9.69 Å². The molecule has 0 unspecified atom stereocenters. The van der Waals surface area contributed by atoms with E-state index in [2.05, 4.69) is 4.90 Å². The van der Waals surface area contributed by atoms with E-state index in [1.807, 2.05) is 47.5 Å². The third kappa shape index (κ3) is 5.64. The fraction of sp³-hybridized carbons (Fsp3) is 0.292. The van der Waals surface area contributed by atoms with Gasteiger partial charge in [0.15, 0.2) is 0 Å². The zero-order chi connectivity index (χ0) is 21.8. The topological polar surface area (TPSA) is 32.8 Å². The molecule has 0 aliphatic carbocycles. The SMILES string of the molecule is Cc1ccc(Cl)c(OCc2csc(C(=O)N3CCN(Cc4cccc(F)c4)CC3)c2)c1. The summed E-state index contributed by atoms with van der Waals surface area (Å²) in [5.41, 5.74) is 2.99. The number of aryl methyl sites for hydroxylation is 1. The smallest absolute Gasteiger partial charge is 0.264 e. The number of carbonyl (C=O) groups excluding carboxylic acids is 1. The molecule has 0 spiro atoms. The van der Waals surface area contributed by atoms with E-state index in [0.717, 1.165) is 29.8 Å². The highest BCUT2D eigenvalue weighted by atomic mass is 35.5. The van der Waals surface area contributed by atoms with Crippen molar-refractivity contribution >= 4 is 28.8 Å². The molecule has 1 saturated heterocycles. The van der Waals surface area contributed by atoms with E-state index in [1.165, 1.54) is 17.4 Å². The first kappa shape index (κ1) is 21.8. The van der Waals surface area contributed by atoms with Crippen LogP contribution in [0.2, 0.25) is 5.02 Å².